The summed E-state index contributed by atoms with van der Waals surface area (Å²) in [7, 11) is 0. The molecule has 0 radical (unpaired) electrons. The molecule has 2 N–H and O–H groups in total. The summed E-state index contributed by atoms with van der Waals surface area (Å²) in [5.41, 5.74) is 1.54. The Morgan fingerprint density at radius 3 is 2.76 bits per heavy atom. The third-order valence-electron chi connectivity index (χ3n) is 4.69. The van der Waals surface area contributed by atoms with Crippen LogP contribution >= 0.6 is 0 Å². The number of para-hydroxylation sites is 1. The van der Waals surface area contributed by atoms with E-state index in [1.807, 2.05) is 38.1 Å². The van der Waals surface area contributed by atoms with Crippen LogP contribution in [0.3, 0.4) is 0 Å². The Labute approximate surface area is 145 Å². The maximum atomic E-state index is 13.1. The van der Waals surface area contributed by atoms with Crippen LogP contribution in [0.2, 0.25) is 0 Å². The molecule has 6 heteroatoms. The zero-order valence-electron chi connectivity index (χ0n) is 14.3. The number of hydrogen-bond donors (Lipinski definition) is 2. The van der Waals surface area contributed by atoms with E-state index in [4.69, 9.17) is 0 Å². The van der Waals surface area contributed by atoms with E-state index in [0.29, 0.717) is 6.54 Å². The smallest absolute Gasteiger partial charge is 0.255 e. The van der Waals surface area contributed by atoms with Crippen LogP contribution in [0, 0.1) is 5.92 Å². The second kappa shape index (κ2) is 6.93. The highest BCUT2D eigenvalue weighted by Crippen LogP contribution is 2.28. The van der Waals surface area contributed by atoms with Crippen LogP contribution in [0.15, 0.2) is 47.4 Å². The van der Waals surface area contributed by atoms with Gasteiger partial charge in [-0.25, -0.2) is 0 Å². The van der Waals surface area contributed by atoms with Crippen molar-refractivity contribution in [2.45, 2.75) is 32.9 Å². The van der Waals surface area contributed by atoms with Crippen molar-refractivity contribution in [2.75, 3.05) is 5.32 Å². The van der Waals surface area contributed by atoms with E-state index in [2.05, 4.69) is 10.3 Å². The Balaban J connectivity index is 2.06. The number of aromatic amines is 1. The lowest BCUT2D eigenvalue weighted by atomic mass is 9.96. The van der Waals surface area contributed by atoms with Gasteiger partial charge in [0.1, 0.15) is 6.04 Å². The molecule has 130 valence electrons. The molecule has 1 aliphatic rings. The topological polar surface area (TPSA) is 82.3 Å². The number of nitrogens with zero attached hydrogens (tertiary/aromatic N) is 1. The maximum Gasteiger partial charge on any atom is 0.255 e. The highest BCUT2D eigenvalue weighted by atomic mass is 16.2. The second-order valence-electron chi connectivity index (χ2n) is 6.35. The van der Waals surface area contributed by atoms with Crippen LogP contribution in [-0.2, 0) is 11.3 Å². The Morgan fingerprint density at radius 1 is 1.28 bits per heavy atom. The molecular formula is C19H21N3O3. The van der Waals surface area contributed by atoms with Crippen LogP contribution in [0.4, 0.5) is 5.69 Å². The van der Waals surface area contributed by atoms with Gasteiger partial charge in [-0.2, -0.15) is 0 Å². The van der Waals surface area contributed by atoms with Gasteiger partial charge in [-0.1, -0.05) is 38.5 Å². The first kappa shape index (κ1) is 17.0. The average molecular weight is 339 g/mol. The van der Waals surface area contributed by atoms with Crippen molar-refractivity contribution in [3.8, 4) is 0 Å². The third kappa shape index (κ3) is 3.33. The first-order valence-corrected chi connectivity index (χ1v) is 8.39. The number of benzene rings is 1. The number of rotatable bonds is 3. The fourth-order valence-electron chi connectivity index (χ4n) is 3.14. The fraction of sp³-hybridized carbons (Fsp3) is 0.316. The van der Waals surface area contributed by atoms with Gasteiger partial charge in [0.2, 0.25) is 11.5 Å². The van der Waals surface area contributed by atoms with E-state index in [0.717, 1.165) is 17.7 Å². The van der Waals surface area contributed by atoms with Gasteiger partial charge in [0.15, 0.2) is 0 Å². The van der Waals surface area contributed by atoms with Gasteiger partial charge >= 0.3 is 0 Å². The fourth-order valence-corrected chi connectivity index (χ4v) is 3.14. The molecule has 2 atom stereocenters. The number of nitrogens with one attached hydrogen (secondary N) is 2. The molecular weight excluding hydrogens is 318 g/mol. The van der Waals surface area contributed by atoms with E-state index >= 15 is 0 Å². The van der Waals surface area contributed by atoms with Gasteiger partial charge in [0, 0.05) is 30.1 Å². The Hall–Kier alpha value is -2.89. The van der Waals surface area contributed by atoms with E-state index in [1.165, 1.54) is 12.3 Å². The average Bonchev–Trinajstić information content (AvgIpc) is 2.76. The number of hydrogen-bond acceptors (Lipinski definition) is 3. The summed E-state index contributed by atoms with van der Waals surface area (Å²) < 4.78 is 0. The van der Waals surface area contributed by atoms with Gasteiger partial charge in [-0.15, -0.1) is 0 Å². The quantitative estimate of drug-likeness (QED) is 0.901. The van der Waals surface area contributed by atoms with Crippen molar-refractivity contribution in [3.05, 3.63) is 64.1 Å². The van der Waals surface area contributed by atoms with Crippen LogP contribution in [0.25, 0.3) is 0 Å². The molecule has 1 aliphatic heterocycles. The molecule has 0 saturated heterocycles. The molecule has 6 nitrogen and oxygen atoms in total. The van der Waals surface area contributed by atoms with E-state index in [9.17, 15) is 14.4 Å². The van der Waals surface area contributed by atoms with Crippen molar-refractivity contribution in [2.24, 2.45) is 5.92 Å². The minimum Gasteiger partial charge on any atom is -0.329 e. The largest absolute Gasteiger partial charge is 0.329 e. The second-order valence-corrected chi connectivity index (χ2v) is 6.35. The molecule has 2 aromatic rings. The Kier molecular flexibility index (Phi) is 4.70. The van der Waals surface area contributed by atoms with Crippen molar-refractivity contribution in [1.29, 1.82) is 0 Å². The minimum atomic E-state index is -0.593. The molecule has 0 saturated carbocycles. The van der Waals surface area contributed by atoms with Crippen molar-refractivity contribution in [3.63, 3.8) is 0 Å². The van der Waals surface area contributed by atoms with Crippen molar-refractivity contribution in [1.82, 2.24) is 9.88 Å². The van der Waals surface area contributed by atoms with E-state index < -0.39 is 6.04 Å². The van der Waals surface area contributed by atoms with E-state index in [-0.39, 0.29) is 28.9 Å². The van der Waals surface area contributed by atoms with Gasteiger partial charge in [-0.05, 0) is 23.6 Å². The first-order chi connectivity index (χ1) is 12.0. The summed E-state index contributed by atoms with van der Waals surface area (Å²) in [6.07, 6.45) is 2.20. The number of anilines is 1. The summed E-state index contributed by atoms with van der Waals surface area (Å²) in [6.45, 7) is 4.26. The molecule has 0 fully saturated rings. The number of pyridine rings is 1. The number of carbonyl (C=O) groups is 2. The third-order valence-corrected chi connectivity index (χ3v) is 4.69. The lowest BCUT2D eigenvalue weighted by Gasteiger charge is -2.32. The SMILES string of the molecule is CC[C@H](C)[C@H]1C(=O)Nc2ccccc2CN1C(=O)c1cc[nH]c(=O)c1. The number of carbonyl (C=O) groups excluding carboxylic acids is 2. The predicted octanol–water partition coefficient (Wildman–Crippen LogP) is 2.38. The zero-order chi connectivity index (χ0) is 18.0. The van der Waals surface area contributed by atoms with Crippen LogP contribution < -0.4 is 10.9 Å². The standard InChI is InChI=1S/C19H21N3O3/c1-3-12(2)17-18(24)21-15-7-5-4-6-14(15)11-22(17)19(25)13-8-9-20-16(23)10-13/h4-10,12,17H,3,11H2,1-2H3,(H,20,23)(H,21,24)/t12-,17-/m0/s1. The molecule has 3 rings (SSSR count). The molecule has 25 heavy (non-hydrogen) atoms. The van der Waals surface area contributed by atoms with Crippen molar-refractivity contribution < 1.29 is 9.59 Å². The first-order valence-electron chi connectivity index (χ1n) is 8.39. The van der Waals surface area contributed by atoms with Crippen LogP contribution in [-0.4, -0.2) is 27.7 Å². The monoisotopic (exact) mass is 339 g/mol. The summed E-state index contributed by atoms with van der Waals surface area (Å²) in [5, 5.41) is 2.93. The van der Waals surface area contributed by atoms with Gasteiger partial charge in [-0.3, -0.25) is 14.4 Å². The summed E-state index contributed by atoms with van der Waals surface area (Å²) in [4.78, 5) is 41.6. The van der Waals surface area contributed by atoms with Crippen LogP contribution in [0.1, 0.15) is 36.2 Å². The number of fused-ring (bicyclic) bond motifs is 1. The Bertz CT molecular complexity index is 859. The minimum absolute atomic E-state index is 0.0136. The predicted molar refractivity (Wildman–Crippen MR) is 95.3 cm³/mol. The normalized spacial score (nSPS) is 18.1. The van der Waals surface area contributed by atoms with Crippen LogP contribution in [0.5, 0.6) is 0 Å². The molecule has 0 bridgehead atoms. The lowest BCUT2D eigenvalue weighted by molar-refractivity contribution is -0.122. The zero-order valence-corrected chi connectivity index (χ0v) is 14.3. The molecule has 2 amide bonds. The number of aromatic nitrogens is 1. The number of amides is 2. The van der Waals surface area contributed by atoms with Crippen molar-refractivity contribution >= 4 is 17.5 Å². The molecule has 0 aliphatic carbocycles. The number of H-pyrrole nitrogens is 1. The van der Waals surface area contributed by atoms with E-state index in [1.54, 1.807) is 11.0 Å². The van der Waals surface area contributed by atoms with Gasteiger partial charge < -0.3 is 15.2 Å². The maximum absolute atomic E-state index is 13.1. The molecule has 0 unspecified atom stereocenters. The van der Waals surface area contributed by atoms with Gasteiger partial charge in [0.05, 0.1) is 0 Å². The Morgan fingerprint density at radius 2 is 2.04 bits per heavy atom. The molecule has 0 spiro atoms. The molecule has 1 aromatic heterocycles. The summed E-state index contributed by atoms with van der Waals surface area (Å²) in [5.74, 6) is -0.527. The highest BCUT2D eigenvalue weighted by Gasteiger charge is 2.36. The van der Waals surface area contributed by atoms with Gasteiger partial charge in [0.25, 0.3) is 5.91 Å². The molecule has 1 aromatic carbocycles. The summed E-state index contributed by atoms with van der Waals surface area (Å²) >= 11 is 0. The highest BCUT2D eigenvalue weighted by molar-refractivity contribution is 6.02. The lowest BCUT2D eigenvalue weighted by Crippen LogP contribution is -2.49. The molecule has 2 heterocycles. The summed E-state index contributed by atoms with van der Waals surface area (Å²) in [6, 6.07) is 9.70.